The molecule has 2 fully saturated rings. The Labute approximate surface area is 179 Å². The highest BCUT2D eigenvalue weighted by Gasteiger charge is 2.39. The van der Waals surface area contributed by atoms with Crippen molar-refractivity contribution in [3.05, 3.63) is 29.8 Å². The fourth-order valence-corrected chi connectivity index (χ4v) is 3.86. The number of likely N-dealkylation sites (tertiary alicyclic amines) is 1. The number of nitrogens with zero attached hydrogens (tertiary/aromatic N) is 5. The molecule has 0 spiro atoms. The summed E-state index contributed by atoms with van der Waals surface area (Å²) in [5, 5.41) is 13.9. The average molecular weight is 421 g/mol. The number of furan rings is 1. The highest BCUT2D eigenvalue weighted by Crippen LogP contribution is 2.45. The van der Waals surface area contributed by atoms with E-state index in [0.717, 1.165) is 25.7 Å². The Morgan fingerprint density at radius 2 is 2.19 bits per heavy atom. The van der Waals surface area contributed by atoms with Gasteiger partial charge in [-0.25, -0.2) is 9.78 Å². The fraction of sp³-hybridized carbons (Fsp3) is 0.500. The van der Waals surface area contributed by atoms with Crippen molar-refractivity contribution < 1.29 is 18.5 Å². The Kier molecular flexibility index (Phi) is 4.85. The minimum atomic E-state index is -0.204. The molecule has 0 bridgehead atoms. The normalized spacial score (nSPS) is 18.1. The Morgan fingerprint density at radius 3 is 2.94 bits per heavy atom. The smallest absolute Gasteiger partial charge is 0.409 e. The molecule has 31 heavy (non-hydrogen) atoms. The summed E-state index contributed by atoms with van der Waals surface area (Å²) >= 11 is 0. The maximum Gasteiger partial charge on any atom is 0.409 e. The van der Waals surface area contributed by atoms with Crippen molar-refractivity contribution in [2.24, 2.45) is 11.3 Å². The van der Waals surface area contributed by atoms with Crippen LogP contribution < -0.4 is 0 Å². The number of amides is 1. The average Bonchev–Trinajstić information content (AvgIpc) is 3.17. The van der Waals surface area contributed by atoms with Crippen molar-refractivity contribution in [3.63, 3.8) is 0 Å². The summed E-state index contributed by atoms with van der Waals surface area (Å²) in [7, 11) is 0. The molecule has 9 nitrogen and oxygen atoms in total. The van der Waals surface area contributed by atoms with Crippen molar-refractivity contribution in [3.8, 4) is 17.7 Å². The van der Waals surface area contributed by atoms with E-state index in [1.54, 1.807) is 17.0 Å². The monoisotopic (exact) mass is 421 g/mol. The predicted octanol–water partition coefficient (Wildman–Crippen LogP) is 3.94. The molecule has 3 aromatic heterocycles. The zero-order valence-electron chi connectivity index (χ0n) is 17.3. The summed E-state index contributed by atoms with van der Waals surface area (Å²) in [6, 6.07) is 5.44. The molecule has 160 valence electrons. The lowest BCUT2D eigenvalue weighted by Crippen LogP contribution is -2.39. The number of carbonyl (C=O) groups is 1. The molecule has 5 rings (SSSR count). The zero-order chi connectivity index (χ0) is 21.4. The quantitative estimate of drug-likeness (QED) is 0.608. The Balaban J connectivity index is 1.17. The van der Waals surface area contributed by atoms with Gasteiger partial charge in [-0.3, -0.25) is 0 Å². The van der Waals surface area contributed by atoms with Crippen LogP contribution in [0.4, 0.5) is 4.79 Å². The van der Waals surface area contributed by atoms with Crippen molar-refractivity contribution in [2.45, 2.75) is 39.0 Å². The van der Waals surface area contributed by atoms with Crippen LogP contribution >= 0.6 is 0 Å². The van der Waals surface area contributed by atoms with E-state index in [0.29, 0.717) is 60.3 Å². The van der Waals surface area contributed by atoms with Crippen LogP contribution in [0.2, 0.25) is 0 Å². The van der Waals surface area contributed by atoms with Gasteiger partial charge in [-0.2, -0.15) is 10.2 Å². The van der Waals surface area contributed by atoms with Gasteiger partial charge in [0.2, 0.25) is 0 Å². The number of hydrogen-bond acceptors (Lipinski definition) is 8. The van der Waals surface area contributed by atoms with Crippen LogP contribution in [0.5, 0.6) is 0 Å². The summed E-state index contributed by atoms with van der Waals surface area (Å²) in [6.45, 7) is 4.03. The van der Waals surface area contributed by atoms with Gasteiger partial charge in [-0.1, -0.05) is 12.1 Å². The highest BCUT2D eigenvalue weighted by molar-refractivity contribution is 5.85. The molecule has 0 atom stereocenters. The molecule has 1 saturated carbocycles. The molecule has 1 amide bonds. The molecule has 0 radical (unpaired) electrons. The minimum absolute atomic E-state index is 0.204. The standard InChI is InChI=1S/C22H23N5O4/c1-22(5-6-22)13-29-21(28)27-8-3-14(4-9-27)10-19-25-20(31-26-19)18-11-15-16(12-23)24-7-2-17(15)30-18/h2,7,11,14H,3-6,8-10,13H2,1H3. The van der Waals surface area contributed by atoms with Crippen LogP contribution in [0.25, 0.3) is 22.6 Å². The van der Waals surface area contributed by atoms with Crippen LogP contribution in [-0.2, 0) is 11.2 Å². The number of nitriles is 1. The fourth-order valence-electron chi connectivity index (χ4n) is 3.86. The number of aromatic nitrogens is 3. The topological polar surface area (TPSA) is 118 Å². The third-order valence-corrected chi connectivity index (χ3v) is 6.22. The molecule has 0 unspecified atom stereocenters. The van der Waals surface area contributed by atoms with E-state index in [4.69, 9.17) is 13.7 Å². The molecule has 0 N–H and O–H groups in total. The molecule has 1 aliphatic carbocycles. The van der Waals surface area contributed by atoms with E-state index in [9.17, 15) is 10.1 Å². The second kappa shape index (κ2) is 7.69. The van der Waals surface area contributed by atoms with Crippen LogP contribution in [0.3, 0.4) is 0 Å². The van der Waals surface area contributed by atoms with E-state index < -0.39 is 0 Å². The molecular weight excluding hydrogens is 398 g/mol. The first kappa shape index (κ1) is 19.5. The van der Waals surface area contributed by atoms with Gasteiger partial charge in [0.25, 0.3) is 5.89 Å². The second-order valence-electron chi connectivity index (χ2n) is 8.81. The van der Waals surface area contributed by atoms with E-state index in [1.807, 2.05) is 6.07 Å². The van der Waals surface area contributed by atoms with Crippen molar-refractivity contribution in [1.29, 1.82) is 5.26 Å². The molecular formula is C22H23N5O4. The Bertz CT molecular complexity index is 1150. The van der Waals surface area contributed by atoms with E-state index in [1.165, 1.54) is 6.20 Å². The van der Waals surface area contributed by atoms with E-state index in [2.05, 4.69) is 22.0 Å². The molecule has 0 aromatic carbocycles. The number of rotatable bonds is 5. The lowest BCUT2D eigenvalue weighted by atomic mass is 9.93. The summed E-state index contributed by atoms with van der Waals surface area (Å²) in [5.41, 5.74) is 1.05. The van der Waals surface area contributed by atoms with Crippen molar-refractivity contribution in [2.75, 3.05) is 19.7 Å². The first-order valence-corrected chi connectivity index (χ1v) is 10.6. The Hall–Kier alpha value is -3.41. The van der Waals surface area contributed by atoms with Gasteiger partial charge in [0.1, 0.15) is 11.7 Å². The summed E-state index contributed by atoms with van der Waals surface area (Å²) in [6.07, 6.45) is 6.02. The molecule has 1 aliphatic heterocycles. The molecule has 9 heteroatoms. The maximum absolute atomic E-state index is 12.2. The number of carbonyl (C=O) groups excluding carboxylic acids is 1. The second-order valence-corrected chi connectivity index (χ2v) is 8.81. The van der Waals surface area contributed by atoms with Crippen molar-refractivity contribution in [1.82, 2.24) is 20.0 Å². The third kappa shape index (κ3) is 4.10. The molecule has 3 aromatic rings. The van der Waals surface area contributed by atoms with Gasteiger partial charge in [0, 0.05) is 37.2 Å². The summed E-state index contributed by atoms with van der Waals surface area (Å²) in [4.78, 5) is 22.5. The van der Waals surface area contributed by atoms with Gasteiger partial charge < -0.3 is 18.6 Å². The van der Waals surface area contributed by atoms with E-state index >= 15 is 0 Å². The largest absolute Gasteiger partial charge is 0.451 e. The SMILES string of the molecule is CC1(COC(=O)N2CCC(Cc3noc(-c4cc5c(C#N)nccc5o4)n3)CC2)CC1. The first-order chi connectivity index (χ1) is 15.0. The summed E-state index contributed by atoms with van der Waals surface area (Å²) < 4.78 is 16.6. The number of piperidine rings is 1. The van der Waals surface area contributed by atoms with Crippen molar-refractivity contribution >= 4 is 17.1 Å². The summed E-state index contributed by atoms with van der Waals surface area (Å²) in [5.74, 6) is 1.68. The zero-order valence-corrected chi connectivity index (χ0v) is 17.3. The first-order valence-electron chi connectivity index (χ1n) is 10.6. The highest BCUT2D eigenvalue weighted by atomic mass is 16.6. The number of ether oxygens (including phenoxy) is 1. The van der Waals surface area contributed by atoms with Crippen LogP contribution in [0, 0.1) is 22.7 Å². The lowest BCUT2D eigenvalue weighted by Gasteiger charge is -2.31. The lowest BCUT2D eigenvalue weighted by molar-refractivity contribution is 0.0735. The number of pyridine rings is 1. The van der Waals surface area contributed by atoms with Crippen LogP contribution in [0.1, 0.15) is 44.1 Å². The number of hydrogen-bond donors (Lipinski definition) is 0. The number of fused-ring (bicyclic) bond motifs is 1. The minimum Gasteiger partial charge on any atom is -0.451 e. The molecule has 1 saturated heterocycles. The maximum atomic E-state index is 12.2. The molecule has 4 heterocycles. The predicted molar refractivity (Wildman–Crippen MR) is 109 cm³/mol. The van der Waals surface area contributed by atoms with Gasteiger partial charge >= 0.3 is 6.09 Å². The van der Waals surface area contributed by atoms with Gasteiger partial charge in [-0.15, -0.1) is 0 Å². The van der Waals surface area contributed by atoms with E-state index in [-0.39, 0.29) is 17.4 Å². The molecule has 2 aliphatic rings. The van der Waals surface area contributed by atoms with Crippen LogP contribution in [0.15, 0.2) is 27.3 Å². The van der Waals surface area contributed by atoms with Gasteiger partial charge in [0.15, 0.2) is 17.3 Å². The third-order valence-electron chi connectivity index (χ3n) is 6.22. The Morgan fingerprint density at radius 1 is 1.39 bits per heavy atom. The van der Waals surface area contributed by atoms with Crippen LogP contribution in [-0.4, -0.2) is 45.8 Å². The van der Waals surface area contributed by atoms with Gasteiger partial charge in [0.05, 0.1) is 12.0 Å². The van der Waals surface area contributed by atoms with Gasteiger partial charge in [-0.05, 0) is 37.7 Å².